The number of anilines is 1. The molecule has 1 aliphatic rings. The highest BCUT2D eigenvalue weighted by molar-refractivity contribution is 5.90. The second-order valence-corrected chi connectivity index (χ2v) is 9.52. The molecule has 0 unspecified atom stereocenters. The zero-order chi connectivity index (χ0) is 23.6. The van der Waals surface area contributed by atoms with Gasteiger partial charge >= 0.3 is 12.2 Å². The lowest BCUT2D eigenvalue weighted by atomic mass is 10.0. The van der Waals surface area contributed by atoms with Gasteiger partial charge in [0.1, 0.15) is 5.60 Å². The monoisotopic (exact) mass is 449 g/mol. The van der Waals surface area contributed by atoms with Crippen molar-refractivity contribution in [3.8, 4) is 0 Å². The van der Waals surface area contributed by atoms with Crippen LogP contribution in [0, 0.1) is 0 Å². The number of amides is 1. The third kappa shape index (κ3) is 5.30. The Morgan fingerprint density at radius 2 is 1.76 bits per heavy atom. The number of carbonyl (C=O) groups excluding carboxylic acids is 1. The molecule has 0 aliphatic carbocycles. The summed E-state index contributed by atoms with van der Waals surface area (Å²) in [5, 5.41) is 10.3. The molecule has 7 nitrogen and oxygen atoms in total. The zero-order valence-corrected chi connectivity index (χ0v) is 19.4. The van der Waals surface area contributed by atoms with Crippen LogP contribution >= 0.6 is 0 Å². The van der Waals surface area contributed by atoms with Gasteiger partial charge in [-0.15, -0.1) is 0 Å². The summed E-state index contributed by atoms with van der Waals surface area (Å²) in [5.41, 5.74) is 2.42. The largest absolute Gasteiger partial charge is 0.464 e. The topological polar surface area (TPSA) is 75.0 Å². The lowest BCUT2D eigenvalue weighted by Gasteiger charge is -2.40. The number of hydrogen-bond donors (Lipinski definition) is 1. The molecule has 174 valence electrons. The smallest absolute Gasteiger partial charge is 0.415 e. The van der Waals surface area contributed by atoms with E-state index in [4.69, 9.17) is 4.74 Å². The molecule has 1 aromatic heterocycles. The van der Waals surface area contributed by atoms with Crippen molar-refractivity contribution in [2.45, 2.75) is 51.8 Å². The highest BCUT2D eigenvalue weighted by atomic mass is 16.6. The number of piperidine rings is 1. The number of hydrogen-bond acceptors (Lipinski definition) is 4. The van der Waals surface area contributed by atoms with Crippen LogP contribution in [0.2, 0.25) is 0 Å². The molecule has 33 heavy (non-hydrogen) atoms. The lowest BCUT2D eigenvalue weighted by Crippen LogP contribution is -2.48. The van der Waals surface area contributed by atoms with Crippen molar-refractivity contribution in [2.75, 3.05) is 18.0 Å². The normalized spacial score (nSPS) is 14.9. The predicted molar refractivity (Wildman–Crippen MR) is 129 cm³/mol. The fraction of sp³-hybridized carbons (Fsp3) is 0.385. The first-order chi connectivity index (χ1) is 15.7. The van der Waals surface area contributed by atoms with Crippen molar-refractivity contribution >= 4 is 28.8 Å². The average molecular weight is 450 g/mol. The molecule has 0 spiro atoms. The van der Waals surface area contributed by atoms with Crippen LogP contribution in [-0.2, 0) is 11.3 Å². The van der Waals surface area contributed by atoms with E-state index in [0.29, 0.717) is 18.6 Å². The highest BCUT2D eigenvalue weighted by Crippen LogP contribution is 2.30. The van der Waals surface area contributed by atoms with Gasteiger partial charge in [-0.1, -0.05) is 30.3 Å². The van der Waals surface area contributed by atoms with E-state index >= 15 is 0 Å². The Morgan fingerprint density at radius 3 is 2.39 bits per heavy atom. The van der Waals surface area contributed by atoms with E-state index in [1.165, 1.54) is 10.1 Å². The van der Waals surface area contributed by atoms with Gasteiger partial charge in [-0.25, -0.2) is 9.59 Å². The number of ether oxygens (including phenoxy) is 1. The molecular formula is C26H31N3O4. The van der Waals surface area contributed by atoms with E-state index in [2.05, 4.69) is 23.1 Å². The van der Waals surface area contributed by atoms with Gasteiger partial charge < -0.3 is 19.6 Å². The van der Waals surface area contributed by atoms with Crippen LogP contribution in [0.15, 0.2) is 60.8 Å². The van der Waals surface area contributed by atoms with Gasteiger partial charge in [0.05, 0.1) is 5.52 Å². The molecule has 1 fully saturated rings. The van der Waals surface area contributed by atoms with Gasteiger partial charge in [-0.05, 0) is 63.4 Å². The molecule has 0 bridgehead atoms. The minimum atomic E-state index is -0.992. The van der Waals surface area contributed by atoms with Crippen molar-refractivity contribution in [3.05, 3.63) is 66.4 Å². The van der Waals surface area contributed by atoms with Gasteiger partial charge in [0.25, 0.3) is 0 Å². The van der Waals surface area contributed by atoms with Crippen LogP contribution in [0.3, 0.4) is 0 Å². The molecule has 3 aromatic rings. The maximum atomic E-state index is 12.5. The van der Waals surface area contributed by atoms with Gasteiger partial charge in [0.2, 0.25) is 0 Å². The van der Waals surface area contributed by atoms with E-state index in [-0.39, 0.29) is 12.1 Å². The van der Waals surface area contributed by atoms with E-state index in [9.17, 15) is 14.7 Å². The maximum absolute atomic E-state index is 12.5. The molecule has 0 radical (unpaired) electrons. The lowest BCUT2D eigenvalue weighted by molar-refractivity contribution is 0.0204. The number of rotatable bonds is 4. The summed E-state index contributed by atoms with van der Waals surface area (Å²) >= 11 is 0. The molecule has 0 atom stereocenters. The first-order valence-corrected chi connectivity index (χ1v) is 11.3. The third-order valence-electron chi connectivity index (χ3n) is 5.96. The van der Waals surface area contributed by atoms with Gasteiger partial charge in [-0.2, -0.15) is 0 Å². The molecule has 1 saturated heterocycles. The highest BCUT2D eigenvalue weighted by Gasteiger charge is 2.30. The summed E-state index contributed by atoms with van der Waals surface area (Å²) in [6, 6.07) is 18.3. The molecule has 0 saturated carbocycles. The van der Waals surface area contributed by atoms with Crippen LogP contribution in [-0.4, -0.2) is 51.5 Å². The quantitative estimate of drug-likeness (QED) is 0.563. The molecule has 1 N–H and O–H groups in total. The van der Waals surface area contributed by atoms with E-state index in [1.807, 2.05) is 57.2 Å². The summed E-state index contributed by atoms with van der Waals surface area (Å²) < 4.78 is 6.78. The van der Waals surface area contributed by atoms with Crippen molar-refractivity contribution in [3.63, 3.8) is 0 Å². The summed E-state index contributed by atoms with van der Waals surface area (Å²) in [7, 11) is 0. The van der Waals surface area contributed by atoms with Crippen LogP contribution < -0.4 is 4.90 Å². The summed E-state index contributed by atoms with van der Waals surface area (Å²) in [5.74, 6) is 0. The molecule has 1 aliphatic heterocycles. The fourth-order valence-electron chi connectivity index (χ4n) is 4.37. The van der Waals surface area contributed by atoms with Crippen molar-refractivity contribution in [2.24, 2.45) is 0 Å². The van der Waals surface area contributed by atoms with E-state index < -0.39 is 11.7 Å². The van der Waals surface area contributed by atoms with Gasteiger partial charge in [-0.3, -0.25) is 4.57 Å². The fourth-order valence-corrected chi connectivity index (χ4v) is 4.37. The second kappa shape index (κ2) is 9.17. The Kier molecular flexibility index (Phi) is 6.31. The number of carboxylic acid groups (broad SMARTS) is 1. The molecular weight excluding hydrogens is 418 g/mol. The molecule has 4 rings (SSSR count). The maximum Gasteiger partial charge on any atom is 0.415 e. The Morgan fingerprint density at radius 1 is 1.06 bits per heavy atom. The van der Waals surface area contributed by atoms with Crippen LogP contribution in [0.4, 0.5) is 15.3 Å². The molecule has 2 heterocycles. The Balaban J connectivity index is 1.57. The average Bonchev–Trinajstić information content (AvgIpc) is 3.21. The number of aromatic nitrogens is 1. The van der Waals surface area contributed by atoms with Gasteiger partial charge in [0, 0.05) is 42.9 Å². The first-order valence-electron chi connectivity index (χ1n) is 11.3. The number of benzene rings is 2. The van der Waals surface area contributed by atoms with E-state index in [1.54, 1.807) is 11.1 Å². The molecule has 2 aromatic carbocycles. The van der Waals surface area contributed by atoms with Crippen molar-refractivity contribution < 1.29 is 19.4 Å². The Bertz CT molecular complexity index is 1130. The van der Waals surface area contributed by atoms with Crippen LogP contribution in [0.5, 0.6) is 0 Å². The minimum absolute atomic E-state index is 0.253. The van der Waals surface area contributed by atoms with Crippen LogP contribution in [0.25, 0.3) is 10.9 Å². The predicted octanol–water partition coefficient (Wildman–Crippen LogP) is 5.57. The van der Waals surface area contributed by atoms with E-state index in [0.717, 1.165) is 30.5 Å². The zero-order valence-electron chi connectivity index (χ0n) is 19.4. The third-order valence-corrected chi connectivity index (χ3v) is 5.96. The Labute approximate surface area is 194 Å². The van der Waals surface area contributed by atoms with Gasteiger partial charge in [0.15, 0.2) is 0 Å². The molecule has 1 amide bonds. The first kappa shape index (κ1) is 22.7. The second-order valence-electron chi connectivity index (χ2n) is 9.52. The number of carbonyl (C=O) groups is 2. The summed E-state index contributed by atoms with van der Waals surface area (Å²) in [6.45, 7) is 7.67. The number of nitrogens with zero attached hydrogens (tertiary/aromatic N) is 3. The number of likely N-dealkylation sites (tertiary alicyclic amines) is 1. The minimum Gasteiger partial charge on any atom is -0.464 e. The number of fused-ring (bicyclic) bond motifs is 1. The standard InChI is InChI=1S/C26H31N3O4/c1-26(2,3)33-25(32)27-14-12-21(13-15-27)29(18-19-7-5-4-6-8-19)22-9-10-23-20(17-22)11-16-28(23)24(30)31/h4-11,16-17,21H,12-15,18H2,1-3H3,(H,30,31). The molecule has 7 heteroatoms. The summed E-state index contributed by atoms with van der Waals surface area (Å²) in [4.78, 5) is 28.1. The SMILES string of the molecule is CC(C)(C)OC(=O)N1CCC(N(Cc2ccccc2)c2ccc3c(ccn3C(=O)O)c2)CC1. The van der Waals surface area contributed by atoms with Crippen molar-refractivity contribution in [1.82, 2.24) is 9.47 Å². The Hall–Kier alpha value is -3.48. The summed E-state index contributed by atoms with van der Waals surface area (Å²) in [6.07, 6.45) is 2.00. The van der Waals surface area contributed by atoms with Crippen molar-refractivity contribution in [1.29, 1.82) is 0 Å². The van der Waals surface area contributed by atoms with Crippen LogP contribution in [0.1, 0.15) is 39.2 Å².